The van der Waals surface area contributed by atoms with Crippen LogP contribution in [0.5, 0.6) is 5.75 Å². The predicted molar refractivity (Wildman–Crippen MR) is 90.4 cm³/mol. The molecule has 0 amide bonds. The molecule has 0 aromatic heterocycles. The molecular formula is C15H25ClN2O3S. The van der Waals surface area contributed by atoms with Gasteiger partial charge in [-0.05, 0) is 51.5 Å². The minimum Gasteiger partial charge on any atom is -0.491 e. The third-order valence-electron chi connectivity index (χ3n) is 3.56. The second kappa shape index (κ2) is 7.64. The van der Waals surface area contributed by atoms with Gasteiger partial charge in [-0.3, -0.25) is 0 Å². The summed E-state index contributed by atoms with van der Waals surface area (Å²) in [4.78, 5) is 0.338. The molecule has 1 aromatic rings. The summed E-state index contributed by atoms with van der Waals surface area (Å²) in [6.07, 6.45) is 0.0688. The van der Waals surface area contributed by atoms with Crippen LogP contribution in [0.1, 0.15) is 26.3 Å². The van der Waals surface area contributed by atoms with Crippen LogP contribution in [-0.4, -0.2) is 44.5 Å². The molecule has 0 unspecified atom stereocenters. The lowest BCUT2D eigenvalue weighted by Gasteiger charge is -2.33. The molecule has 5 nitrogen and oxygen atoms in total. The summed E-state index contributed by atoms with van der Waals surface area (Å²) >= 11 is 0. The number of nitrogens with zero attached hydrogens (tertiary/aromatic N) is 1. The van der Waals surface area contributed by atoms with Gasteiger partial charge in [0.05, 0.1) is 11.0 Å². The number of aryl methyl sites for hydroxylation is 1. The van der Waals surface area contributed by atoms with E-state index in [-0.39, 0.29) is 24.6 Å². The van der Waals surface area contributed by atoms with E-state index in [1.54, 1.807) is 22.5 Å². The number of rotatable bonds is 4. The van der Waals surface area contributed by atoms with Crippen molar-refractivity contribution in [3.05, 3.63) is 23.8 Å². The number of halogens is 1. The van der Waals surface area contributed by atoms with Crippen molar-refractivity contribution in [3.8, 4) is 5.75 Å². The largest absolute Gasteiger partial charge is 0.491 e. The minimum absolute atomic E-state index is 0. The van der Waals surface area contributed by atoms with Crippen LogP contribution < -0.4 is 10.1 Å². The summed E-state index contributed by atoms with van der Waals surface area (Å²) < 4.78 is 32.7. The average Bonchev–Trinajstić information content (AvgIpc) is 2.40. The number of sulfonamides is 1. The highest BCUT2D eigenvalue weighted by Crippen LogP contribution is 2.26. The Bertz CT molecular complexity index is 605. The molecule has 0 spiro atoms. The van der Waals surface area contributed by atoms with Crippen molar-refractivity contribution in [1.82, 2.24) is 9.62 Å². The zero-order valence-corrected chi connectivity index (χ0v) is 15.1. The molecule has 7 heteroatoms. The highest BCUT2D eigenvalue weighted by molar-refractivity contribution is 7.89. The predicted octanol–water partition coefficient (Wildman–Crippen LogP) is 2.19. The van der Waals surface area contributed by atoms with Crippen molar-refractivity contribution in [3.63, 3.8) is 0 Å². The molecule has 1 fully saturated rings. The van der Waals surface area contributed by atoms with E-state index in [4.69, 9.17) is 4.74 Å². The van der Waals surface area contributed by atoms with Crippen molar-refractivity contribution >= 4 is 22.4 Å². The second-order valence-electron chi connectivity index (χ2n) is 5.76. The SMILES string of the molecule is Cc1cc(S(=O)(=O)N2CCNC[C@H]2C)ccc1OC(C)C.Cl. The van der Waals surface area contributed by atoms with Gasteiger partial charge in [-0.25, -0.2) is 8.42 Å². The molecule has 1 aliphatic rings. The number of piperazine rings is 1. The molecule has 1 aromatic carbocycles. The van der Waals surface area contributed by atoms with E-state index in [9.17, 15) is 8.42 Å². The maximum atomic E-state index is 12.7. The van der Waals surface area contributed by atoms with Crippen LogP contribution in [-0.2, 0) is 10.0 Å². The Kier molecular flexibility index (Phi) is 6.67. The molecule has 0 aliphatic carbocycles. The van der Waals surface area contributed by atoms with Gasteiger partial charge in [-0.2, -0.15) is 4.31 Å². The third-order valence-corrected chi connectivity index (χ3v) is 5.57. The topological polar surface area (TPSA) is 58.6 Å². The van der Waals surface area contributed by atoms with E-state index in [1.807, 2.05) is 27.7 Å². The van der Waals surface area contributed by atoms with E-state index in [2.05, 4.69) is 5.32 Å². The molecule has 1 heterocycles. The first-order chi connectivity index (χ1) is 9.82. The lowest BCUT2D eigenvalue weighted by Crippen LogP contribution is -2.52. The first-order valence-electron chi connectivity index (χ1n) is 7.32. The lowest BCUT2D eigenvalue weighted by molar-refractivity contribution is 0.240. The molecule has 2 rings (SSSR count). The molecule has 1 N–H and O–H groups in total. The first-order valence-corrected chi connectivity index (χ1v) is 8.76. The zero-order chi connectivity index (χ0) is 15.6. The van der Waals surface area contributed by atoms with Crippen LogP contribution in [0.15, 0.2) is 23.1 Å². The zero-order valence-electron chi connectivity index (χ0n) is 13.5. The molecule has 1 saturated heterocycles. The lowest BCUT2D eigenvalue weighted by atomic mass is 10.2. The van der Waals surface area contributed by atoms with E-state index < -0.39 is 10.0 Å². The van der Waals surface area contributed by atoms with Gasteiger partial charge in [0.1, 0.15) is 5.75 Å². The molecular weight excluding hydrogens is 324 g/mol. The van der Waals surface area contributed by atoms with Crippen molar-refractivity contribution in [2.45, 2.75) is 44.7 Å². The van der Waals surface area contributed by atoms with Crippen molar-refractivity contribution in [1.29, 1.82) is 0 Å². The van der Waals surface area contributed by atoms with E-state index in [0.717, 1.165) is 11.3 Å². The maximum Gasteiger partial charge on any atom is 0.243 e. The number of hydrogen-bond acceptors (Lipinski definition) is 4. The van der Waals surface area contributed by atoms with Gasteiger partial charge < -0.3 is 10.1 Å². The standard InChI is InChI=1S/C15H24N2O3S.ClH/c1-11(2)20-15-6-5-14(9-12(15)3)21(18,19)17-8-7-16-10-13(17)4;/h5-6,9,11,13,16H,7-8,10H2,1-4H3;1H/t13-;/m1./s1. The summed E-state index contributed by atoms with van der Waals surface area (Å²) in [6.45, 7) is 9.58. The van der Waals surface area contributed by atoms with Gasteiger partial charge in [0, 0.05) is 25.7 Å². The molecule has 126 valence electrons. The molecule has 1 aliphatic heterocycles. The van der Waals surface area contributed by atoms with Crippen LogP contribution >= 0.6 is 12.4 Å². The smallest absolute Gasteiger partial charge is 0.243 e. The average molecular weight is 349 g/mol. The van der Waals surface area contributed by atoms with Crippen molar-refractivity contribution in [2.75, 3.05) is 19.6 Å². The molecule has 1 atom stereocenters. The number of nitrogens with one attached hydrogen (secondary N) is 1. The third kappa shape index (κ3) is 4.13. The monoisotopic (exact) mass is 348 g/mol. The van der Waals surface area contributed by atoms with Crippen LogP contribution in [0.2, 0.25) is 0 Å². The van der Waals surface area contributed by atoms with Crippen molar-refractivity contribution in [2.24, 2.45) is 0 Å². The Morgan fingerprint density at radius 2 is 2.05 bits per heavy atom. The summed E-state index contributed by atoms with van der Waals surface area (Å²) in [5, 5.41) is 3.20. The van der Waals surface area contributed by atoms with E-state index in [0.29, 0.717) is 24.5 Å². The summed E-state index contributed by atoms with van der Waals surface area (Å²) in [5.74, 6) is 0.734. The van der Waals surface area contributed by atoms with Gasteiger partial charge in [0.2, 0.25) is 10.0 Å². The summed E-state index contributed by atoms with van der Waals surface area (Å²) in [7, 11) is -3.44. The quantitative estimate of drug-likeness (QED) is 0.906. The van der Waals surface area contributed by atoms with Gasteiger partial charge >= 0.3 is 0 Å². The Morgan fingerprint density at radius 1 is 1.36 bits per heavy atom. The highest BCUT2D eigenvalue weighted by Gasteiger charge is 2.31. The number of benzene rings is 1. The number of ether oxygens (including phenoxy) is 1. The fourth-order valence-corrected chi connectivity index (χ4v) is 4.20. The minimum atomic E-state index is -3.44. The fraction of sp³-hybridized carbons (Fsp3) is 0.600. The van der Waals surface area contributed by atoms with Crippen LogP contribution in [0, 0.1) is 6.92 Å². The van der Waals surface area contributed by atoms with Crippen LogP contribution in [0.25, 0.3) is 0 Å². The number of hydrogen-bond donors (Lipinski definition) is 1. The maximum absolute atomic E-state index is 12.7. The molecule has 0 saturated carbocycles. The Morgan fingerprint density at radius 3 is 2.59 bits per heavy atom. The van der Waals surface area contributed by atoms with Gasteiger partial charge in [0.25, 0.3) is 0 Å². The van der Waals surface area contributed by atoms with E-state index >= 15 is 0 Å². The van der Waals surface area contributed by atoms with E-state index in [1.165, 1.54) is 0 Å². The Labute approximate surface area is 139 Å². The van der Waals surface area contributed by atoms with Crippen LogP contribution in [0.3, 0.4) is 0 Å². The summed E-state index contributed by atoms with van der Waals surface area (Å²) in [6, 6.07) is 5.04. The van der Waals surface area contributed by atoms with Crippen molar-refractivity contribution < 1.29 is 13.2 Å². The Hall–Kier alpha value is -0.820. The Balaban J connectivity index is 0.00000242. The molecule has 22 heavy (non-hydrogen) atoms. The van der Waals surface area contributed by atoms with Gasteiger partial charge in [-0.15, -0.1) is 12.4 Å². The van der Waals surface area contributed by atoms with Gasteiger partial charge in [0.15, 0.2) is 0 Å². The highest BCUT2D eigenvalue weighted by atomic mass is 35.5. The second-order valence-corrected chi connectivity index (χ2v) is 7.65. The summed E-state index contributed by atoms with van der Waals surface area (Å²) in [5.41, 5.74) is 0.840. The first kappa shape index (κ1) is 19.2. The normalized spacial score (nSPS) is 19.8. The fourth-order valence-electron chi connectivity index (χ4n) is 2.48. The van der Waals surface area contributed by atoms with Crippen LogP contribution in [0.4, 0.5) is 0 Å². The molecule has 0 bridgehead atoms. The van der Waals surface area contributed by atoms with Gasteiger partial charge in [-0.1, -0.05) is 0 Å². The molecule has 0 radical (unpaired) electrons.